The molecule has 0 saturated heterocycles. The lowest BCUT2D eigenvalue weighted by Gasteiger charge is -2.08. The first-order valence-corrected chi connectivity index (χ1v) is 9.06. The lowest BCUT2D eigenvalue weighted by Crippen LogP contribution is -2.16. The maximum Gasteiger partial charge on any atom is 0.332 e. The van der Waals surface area contributed by atoms with E-state index < -0.39 is 11.6 Å². The Balaban J connectivity index is 1.84. The SMILES string of the molecule is COc1cccc(-n2c(=O)[nH]c3c(C(N)=O)nc(CCc4ccccc4)nc32)c1. The number of nitrogens with zero attached hydrogens (tertiary/aromatic N) is 3. The number of hydrogen-bond acceptors (Lipinski definition) is 5. The molecule has 0 unspecified atom stereocenters. The van der Waals surface area contributed by atoms with E-state index in [0.29, 0.717) is 35.8 Å². The van der Waals surface area contributed by atoms with Gasteiger partial charge in [0.2, 0.25) is 0 Å². The number of primary amides is 1. The van der Waals surface area contributed by atoms with Crippen LogP contribution in [0.1, 0.15) is 21.9 Å². The zero-order chi connectivity index (χ0) is 20.4. The summed E-state index contributed by atoms with van der Waals surface area (Å²) in [5.41, 5.74) is 7.27. The fourth-order valence-electron chi connectivity index (χ4n) is 3.21. The number of H-pyrrole nitrogens is 1. The van der Waals surface area contributed by atoms with E-state index in [9.17, 15) is 9.59 Å². The van der Waals surface area contributed by atoms with E-state index >= 15 is 0 Å². The molecule has 0 saturated carbocycles. The van der Waals surface area contributed by atoms with Crippen molar-refractivity contribution in [2.24, 2.45) is 5.73 Å². The van der Waals surface area contributed by atoms with Crippen molar-refractivity contribution in [2.45, 2.75) is 12.8 Å². The largest absolute Gasteiger partial charge is 0.497 e. The number of methoxy groups -OCH3 is 1. The molecule has 0 aliphatic heterocycles. The molecule has 4 rings (SSSR count). The van der Waals surface area contributed by atoms with E-state index in [1.54, 1.807) is 31.4 Å². The van der Waals surface area contributed by atoms with Crippen LogP contribution in [0.25, 0.3) is 16.9 Å². The van der Waals surface area contributed by atoms with Crippen LogP contribution < -0.4 is 16.2 Å². The maximum atomic E-state index is 12.7. The summed E-state index contributed by atoms with van der Waals surface area (Å²) in [6.45, 7) is 0. The van der Waals surface area contributed by atoms with Crippen LogP contribution in [0.3, 0.4) is 0 Å². The van der Waals surface area contributed by atoms with Gasteiger partial charge in [0, 0.05) is 12.5 Å². The number of ether oxygens (including phenoxy) is 1. The number of hydrogen-bond donors (Lipinski definition) is 2. The van der Waals surface area contributed by atoms with Crippen LogP contribution in [0.2, 0.25) is 0 Å². The van der Waals surface area contributed by atoms with Gasteiger partial charge in [-0.3, -0.25) is 4.79 Å². The van der Waals surface area contributed by atoms with Gasteiger partial charge in [-0.1, -0.05) is 36.4 Å². The molecule has 4 aromatic rings. The molecule has 1 amide bonds. The number of benzene rings is 2. The highest BCUT2D eigenvalue weighted by Crippen LogP contribution is 2.20. The molecule has 0 aliphatic rings. The van der Waals surface area contributed by atoms with Crippen molar-refractivity contribution in [3.8, 4) is 11.4 Å². The summed E-state index contributed by atoms with van der Waals surface area (Å²) in [7, 11) is 1.55. The molecular formula is C21H19N5O3. The third-order valence-corrected chi connectivity index (χ3v) is 4.61. The third-order valence-electron chi connectivity index (χ3n) is 4.61. The summed E-state index contributed by atoms with van der Waals surface area (Å²) in [6, 6.07) is 16.9. The van der Waals surface area contributed by atoms with Crippen molar-refractivity contribution in [3.05, 3.63) is 82.2 Å². The van der Waals surface area contributed by atoms with Crippen LogP contribution in [0.4, 0.5) is 0 Å². The Morgan fingerprint density at radius 3 is 2.62 bits per heavy atom. The minimum atomic E-state index is -0.725. The number of carbonyl (C=O) groups is 1. The number of nitrogens with two attached hydrogens (primary N) is 1. The maximum absolute atomic E-state index is 12.7. The quantitative estimate of drug-likeness (QED) is 0.523. The fourth-order valence-corrected chi connectivity index (χ4v) is 3.21. The van der Waals surface area contributed by atoms with Gasteiger partial charge in [0.25, 0.3) is 5.91 Å². The summed E-state index contributed by atoms with van der Waals surface area (Å²) in [4.78, 5) is 36.1. The molecule has 0 radical (unpaired) electrons. The Hall–Kier alpha value is -3.94. The first-order valence-electron chi connectivity index (χ1n) is 9.06. The van der Waals surface area contributed by atoms with Gasteiger partial charge in [0.05, 0.1) is 12.8 Å². The Morgan fingerprint density at radius 1 is 1.10 bits per heavy atom. The number of fused-ring (bicyclic) bond motifs is 1. The number of rotatable bonds is 6. The summed E-state index contributed by atoms with van der Waals surface area (Å²) >= 11 is 0. The second-order valence-corrected chi connectivity index (χ2v) is 6.50. The first kappa shape index (κ1) is 18.4. The monoisotopic (exact) mass is 389 g/mol. The molecule has 0 bridgehead atoms. The molecule has 146 valence electrons. The Morgan fingerprint density at radius 2 is 1.90 bits per heavy atom. The van der Waals surface area contributed by atoms with Crippen LogP contribution in [0, 0.1) is 0 Å². The molecule has 0 aliphatic carbocycles. The molecule has 8 nitrogen and oxygen atoms in total. The minimum Gasteiger partial charge on any atom is -0.497 e. The first-order chi connectivity index (χ1) is 14.1. The number of carbonyl (C=O) groups excluding carboxylic acids is 1. The molecule has 3 N–H and O–H groups in total. The number of amides is 1. The van der Waals surface area contributed by atoms with Crippen LogP contribution in [0.15, 0.2) is 59.4 Å². The van der Waals surface area contributed by atoms with Crippen molar-refractivity contribution in [1.29, 1.82) is 0 Å². The highest BCUT2D eigenvalue weighted by atomic mass is 16.5. The average Bonchev–Trinajstić information content (AvgIpc) is 3.07. The third kappa shape index (κ3) is 3.60. The summed E-state index contributed by atoms with van der Waals surface area (Å²) < 4.78 is 6.63. The van der Waals surface area contributed by atoms with Crippen LogP contribution >= 0.6 is 0 Å². The molecule has 2 aromatic carbocycles. The molecule has 0 fully saturated rings. The van der Waals surface area contributed by atoms with Crippen LogP contribution in [-0.4, -0.2) is 32.5 Å². The van der Waals surface area contributed by atoms with Crippen molar-refractivity contribution >= 4 is 17.1 Å². The molecule has 0 spiro atoms. The Bertz CT molecular complexity index is 1240. The second-order valence-electron chi connectivity index (χ2n) is 6.50. The number of nitrogens with one attached hydrogen (secondary N) is 1. The van der Waals surface area contributed by atoms with Gasteiger partial charge in [0.1, 0.15) is 17.1 Å². The number of aryl methyl sites for hydroxylation is 2. The van der Waals surface area contributed by atoms with Gasteiger partial charge in [-0.2, -0.15) is 0 Å². The highest BCUT2D eigenvalue weighted by Gasteiger charge is 2.19. The van der Waals surface area contributed by atoms with Gasteiger partial charge >= 0.3 is 5.69 Å². The zero-order valence-electron chi connectivity index (χ0n) is 15.8. The van der Waals surface area contributed by atoms with E-state index in [2.05, 4.69) is 15.0 Å². The van der Waals surface area contributed by atoms with Crippen molar-refractivity contribution in [1.82, 2.24) is 19.5 Å². The van der Waals surface area contributed by atoms with Crippen LogP contribution in [-0.2, 0) is 12.8 Å². The summed E-state index contributed by atoms with van der Waals surface area (Å²) in [6.07, 6.45) is 1.19. The van der Waals surface area contributed by atoms with E-state index in [0.717, 1.165) is 5.56 Å². The lowest BCUT2D eigenvalue weighted by atomic mass is 10.1. The van der Waals surface area contributed by atoms with Crippen molar-refractivity contribution < 1.29 is 9.53 Å². The average molecular weight is 389 g/mol. The summed E-state index contributed by atoms with van der Waals surface area (Å²) in [5.74, 6) is 0.306. The van der Waals surface area contributed by atoms with Gasteiger partial charge in [-0.25, -0.2) is 19.3 Å². The van der Waals surface area contributed by atoms with Gasteiger partial charge in [-0.05, 0) is 24.1 Å². The Labute approximate surface area is 166 Å². The number of aromatic nitrogens is 4. The second kappa shape index (κ2) is 7.59. The topological polar surface area (TPSA) is 116 Å². The highest BCUT2D eigenvalue weighted by molar-refractivity contribution is 6.01. The minimum absolute atomic E-state index is 0.00296. The smallest absolute Gasteiger partial charge is 0.332 e. The van der Waals surface area contributed by atoms with Crippen molar-refractivity contribution in [2.75, 3.05) is 7.11 Å². The normalized spacial score (nSPS) is 10.9. The summed E-state index contributed by atoms with van der Waals surface area (Å²) in [5, 5.41) is 0. The zero-order valence-corrected chi connectivity index (χ0v) is 15.8. The van der Waals surface area contributed by atoms with Crippen LogP contribution in [0.5, 0.6) is 5.75 Å². The molecular weight excluding hydrogens is 370 g/mol. The lowest BCUT2D eigenvalue weighted by molar-refractivity contribution is 0.0996. The van der Waals surface area contributed by atoms with Gasteiger partial charge in [0.15, 0.2) is 11.3 Å². The molecule has 2 aromatic heterocycles. The Kier molecular flexibility index (Phi) is 4.82. The number of imidazole rings is 1. The number of aromatic amines is 1. The van der Waals surface area contributed by atoms with Gasteiger partial charge in [-0.15, -0.1) is 0 Å². The van der Waals surface area contributed by atoms with E-state index in [-0.39, 0.29) is 11.2 Å². The predicted molar refractivity (Wildman–Crippen MR) is 108 cm³/mol. The van der Waals surface area contributed by atoms with E-state index in [1.165, 1.54) is 4.57 Å². The van der Waals surface area contributed by atoms with E-state index in [1.807, 2.05) is 30.3 Å². The molecule has 2 heterocycles. The van der Waals surface area contributed by atoms with E-state index in [4.69, 9.17) is 10.5 Å². The molecule has 29 heavy (non-hydrogen) atoms. The predicted octanol–water partition coefficient (Wildman–Crippen LogP) is 2.00. The molecule has 8 heteroatoms. The fraction of sp³-hybridized carbons (Fsp3) is 0.143. The van der Waals surface area contributed by atoms with Crippen molar-refractivity contribution in [3.63, 3.8) is 0 Å². The standard InChI is InChI=1S/C21H19N5O3/c1-29-15-9-5-8-14(12-15)26-20-18(25-21(26)28)17(19(22)27)23-16(24-20)11-10-13-6-3-2-4-7-13/h2-9,12H,10-11H2,1H3,(H2,22,27)(H,25,28). The van der Waals surface area contributed by atoms with Gasteiger partial charge < -0.3 is 15.5 Å². The molecule has 0 atom stereocenters.